The fourth-order valence-electron chi connectivity index (χ4n) is 1.62. The fraction of sp³-hybridized carbons (Fsp3) is 0.0714. The second-order valence-electron chi connectivity index (χ2n) is 4.01. The molecule has 2 aromatic carbocycles. The zero-order valence-electron chi connectivity index (χ0n) is 10.4. The van der Waals surface area contributed by atoms with Crippen LogP contribution in [-0.2, 0) is 6.61 Å². The van der Waals surface area contributed by atoms with Crippen LogP contribution < -0.4 is 10.5 Å². The van der Waals surface area contributed by atoms with Crippen molar-refractivity contribution in [1.29, 1.82) is 0 Å². The van der Waals surface area contributed by atoms with Crippen molar-refractivity contribution in [3.05, 3.63) is 63.9 Å². The zero-order valence-corrected chi connectivity index (χ0v) is 12.0. The van der Waals surface area contributed by atoms with Crippen LogP contribution >= 0.6 is 15.9 Å². The minimum atomic E-state index is -0.306. The topological polar surface area (TPSA) is 67.8 Å². The summed E-state index contributed by atoms with van der Waals surface area (Å²) < 4.78 is 19.6. The summed E-state index contributed by atoms with van der Waals surface area (Å²) in [5.41, 5.74) is 6.53. The van der Waals surface area contributed by atoms with Crippen LogP contribution in [0.4, 0.5) is 4.39 Å². The smallest absolute Gasteiger partial charge is 0.171 e. The standard InChI is InChI=1S/C14H12BrFN2O2/c15-12-7-10(5-6-11(12)14(17)18-19)20-8-9-3-1-2-4-13(9)16/h1-7,19H,8H2,(H2,17,18). The zero-order chi connectivity index (χ0) is 14.5. The predicted octanol–water partition coefficient (Wildman–Crippen LogP) is 3.26. The molecule has 0 atom stereocenters. The summed E-state index contributed by atoms with van der Waals surface area (Å²) in [4.78, 5) is 0. The van der Waals surface area contributed by atoms with Gasteiger partial charge in [-0.1, -0.05) is 23.4 Å². The predicted molar refractivity (Wildman–Crippen MR) is 77.4 cm³/mol. The molecule has 104 valence electrons. The van der Waals surface area contributed by atoms with Crippen molar-refractivity contribution in [3.63, 3.8) is 0 Å². The molecule has 0 radical (unpaired) electrons. The van der Waals surface area contributed by atoms with Gasteiger partial charge in [-0.2, -0.15) is 0 Å². The highest BCUT2D eigenvalue weighted by molar-refractivity contribution is 9.10. The van der Waals surface area contributed by atoms with Crippen LogP contribution in [0.1, 0.15) is 11.1 Å². The van der Waals surface area contributed by atoms with Crippen LogP contribution in [0.3, 0.4) is 0 Å². The van der Waals surface area contributed by atoms with E-state index in [1.165, 1.54) is 6.07 Å². The Kier molecular flexibility index (Phi) is 4.57. The Balaban J connectivity index is 2.12. The fourth-order valence-corrected chi connectivity index (χ4v) is 2.18. The van der Waals surface area contributed by atoms with Gasteiger partial charge in [0.25, 0.3) is 0 Å². The minimum absolute atomic E-state index is 0.00229. The van der Waals surface area contributed by atoms with Crippen molar-refractivity contribution in [2.24, 2.45) is 10.9 Å². The van der Waals surface area contributed by atoms with Crippen molar-refractivity contribution >= 4 is 21.8 Å². The maximum atomic E-state index is 13.4. The Morgan fingerprint density at radius 2 is 2.05 bits per heavy atom. The average molecular weight is 339 g/mol. The molecule has 0 aromatic heterocycles. The van der Waals surface area contributed by atoms with E-state index in [0.29, 0.717) is 21.3 Å². The molecule has 0 saturated carbocycles. The molecule has 6 heteroatoms. The number of benzene rings is 2. The summed E-state index contributed by atoms with van der Waals surface area (Å²) in [5.74, 6) is 0.243. The van der Waals surface area contributed by atoms with Gasteiger partial charge in [0.2, 0.25) is 0 Å². The molecule has 0 heterocycles. The lowest BCUT2D eigenvalue weighted by atomic mass is 10.2. The molecule has 0 bridgehead atoms. The van der Waals surface area contributed by atoms with Crippen molar-refractivity contribution in [2.75, 3.05) is 0 Å². The van der Waals surface area contributed by atoms with Crippen LogP contribution in [0, 0.1) is 5.82 Å². The first kappa shape index (κ1) is 14.3. The van der Waals surface area contributed by atoms with E-state index in [2.05, 4.69) is 21.1 Å². The second-order valence-corrected chi connectivity index (χ2v) is 4.86. The van der Waals surface area contributed by atoms with E-state index in [9.17, 15) is 4.39 Å². The quantitative estimate of drug-likeness (QED) is 0.389. The number of ether oxygens (including phenoxy) is 1. The average Bonchev–Trinajstić information content (AvgIpc) is 2.46. The summed E-state index contributed by atoms with van der Waals surface area (Å²) in [7, 11) is 0. The number of oxime groups is 1. The Hall–Kier alpha value is -2.08. The van der Waals surface area contributed by atoms with Gasteiger partial charge in [-0.25, -0.2) is 4.39 Å². The molecule has 0 aliphatic rings. The summed E-state index contributed by atoms with van der Waals surface area (Å²) in [6, 6.07) is 11.4. The molecule has 0 unspecified atom stereocenters. The first-order chi connectivity index (χ1) is 9.61. The molecule has 0 aliphatic heterocycles. The molecule has 4 nitrogen and oxygen atoms in total. The SMILES string of the molecule is N/C(=N/O)c1ccc(OCc2ccccc2F)cc1Br. The van der Waals surface area contributed by atoms with E-state index in [1.54, 1.807) is 36.4 Å². The van der Waals surface area contributed by atoms with Crippen molar-refractivity contribution in [2.45, 2.75) is 6.61 Å². The third-order valence-corrected chi connectivity index (χ3v) is 3.33. The normalized spacial score (nSPS) is 11.4. The van der Waals surface area contributed by atoms with Gasteiger partial charge >= 0.3 is 0 Å². The van der Waals surface area contributed by atoms with Gasteiger partial charge in [0.1, 0.15) is 18.2 Å². The Morgan fingerprint density at radius 1 is 1.30 bits per heavy atom. The number of nitrogens with two attached hydrogens (primary N) is 1. The van der Waals surface area contributed by atoms with Gasteiger partial charge in [0.05, 0.1) is 0 Å². The third-order valence-electron chi connectivity index (χ3n) is 2.68. The monoisotopic (exact) mass is 338 g/mol. The van der Waals surface area contributed by atoms with Crippen molar-refractivity contribution < 1.29 is 14.3 Å². The molecule has 3 N–H and O–H groups in total. The number of hydrogen-bond acceptors (Lipinski definition) is 3. The Morgan fingerprint density at radius 3 is 2.70 bits per heavy atom. The largest absolute Gasteiger partial charge is 0.489 e. The van der Waals surface area contributed by atoms with E-state index in [-0.39, 0.29) is 18.3 Å². The number of nitrogens with zero attached hydrogens (tertiary/aromatic N) is 1. The highest BCUT2D eigenvalue weighted by Gasteiger charge is 2.07. The Bertz CT molecular complexity index is 647. The van der Waals surface area contributed by atoms with Gasteiger partial charge < -0.3 is 15.7 Å². The highest BCUT2D eigenvalue weighted by Crippen LogP contribution is 2.24. The molecule has 0 fully saturated rings. The lowest BCUT2D eigenvalue weighted by Gasteiger charge is -2.09. The molecule has 0 amide bonds. The van der Waals surface area contributed by atoms with Gasteiger partial charge in [0, 0.05) is 15.6 Å². The van der Waals surface area contributed by atoms with Gasteiger partial charge in [-0.3, -0.25) is 0 Å². The summed E-state index contributed by atoms with van der Waals surface area (Å²) in [6.45, 7) is 0.127. The van der Waals surface area contributed by atoms with Crippen LogP contribution in [0.15, 0.2) is 52.1 Å². The van der Waals surface area contributed by atoms with Crippen LogP contribution in [0.2, 0.25) is 0 Å². The molecule has 2 aromatic rings. The van der Waals surface area contributed by atoms with Gasteiger partial charge in [-0.15, -0.1) is 0 Å². The summed E-state index contributed by atoms with van der Waals surface area (Å²) in [6.07, 6.45) is 0. The number of amidine groups is 1. The van der Waals surface area contributed by atoms with Crippen LogP contribution in [0.5, 0.6) is 5.75 Å². The number of halogens is 2. The van der Waals surface area contributed by atoms with E-state index >= 15 is 0 Å². The first-order valence-corrected chi connectivity index (χ1v) is 6.54. The van der Waals surface area contributed by atoms with Crippen molar-refractivity contribution in [1.82, 2.24) is 0 Å². The number of rotatable bonds is 4. The van der Waals surface area contributed by atoms with Crippen molar-refractivity contribution in [3.8, 4) is 5.75 Å². The van der Waals surface area contributed by atoms with Gasteiger partial charge in [0.15, 0.2) is 5.84 Å². The molecule has 0 saturated heterocycles. The van der Waals surface area contributed by atoms with E-state index in [4.69, 9.17) is 15.7 Å². The third kappa shape index (κ3) is 3.27. The van der Waals surface area contributed by atoms with Gasteiger partial charge in [-0.05, 0) is 40.2 Å². The number of hydrogen-bond donors (Lipinski definition) is 2. The van der Waals surface area contributed by atoms with E-state index < -0.39 is 0 Å². The lowest BCUT2D eigenvalue weighted by molar-refractivity contribution is 0.299. The maximum Gasteiger partial charge on any atom is 0.171 e. The molecular weight excluding hydrogens is 327 g/mol. The second kappa shape index (κ2) is 6.38. The lowest BCUT2D eigenvalue weighted by Crippen LogP contribution is -2.13. The van der Waals surface area contributed by atoms with Crippen LogP contribution in [-0.4, -0.2) is 11.0 Å². The molecule has 0 aliphatic carbocycles. The van der Waals surface area contributed by atoms with E-state index in [1.807, 2.05) is 0 Å². The molecule has 2 rings (SSSR count). The van der Waals surface area contributed by atoms with Crippen LogP contribution in [0.25, 0.3) is 0 Å². The minimum Gasteiger partial charge on any atom is -0.489 e. The Labute approximate surface area is 123 Å². The van der Waals surface area contributed by atoms with E-state index in [0.717, 1.165) is 0 Å². The summed E-state index contributed by atoms with van der Waals surface area (Å²) in [5, 5.41) is 11.6. The summed E-state index contributed by atoms with van der Waals surface area (Å²) >= 11 is 3.30. The highest BCUT2D eigenvalue weighted by atomic mass is 79.9. The first-order valence-electron chi connectivity index (χ1n) is 5.75. The molecule has 0 spiro atoms. The molecule has 20 heavy (non-hydrogen) atoms. The molecular formula is C14H12BrFN2O2. The maximum absolute atomic E-state index is 13.4.